The summed E-state index contributed by atoms with van der Waals surface area (Å²) in [6.07, 6.45) is 0. The Balaban J connectivity index is 2.76. The van der Waals surface area contributed by atoms with Crippen LogP contribution in [0.15, 0.2) is 29.2 Å². The first-order valence-corrected chi connectivity index (χ1v) is 6.33. The fourth-order valence-corrected chi connectivity index (χ4v) is 1.63. The van der Waals surface area contributed by atoms with Crippen LogP contribution in [0, 0.1) is 5.92 Å². The van der Waals surface area contributed by atoms with Crippen LogP contribution in [0.25, 0.3) is 0 Å². The highest BCUT2D eigenvalue weighted by Crippen LogP contribution is 2.16. The molecule has 1 aromatic rings. The summed E-state index contributed by atoms with van der Waals surface area (Å²) in [5, 5.41) is 8.42. The largest absolute Gasteiger partial charge is 0.493 e. The van der Waals surface area contributed by atoms with E-state index in [2.05, 4.69) is 0 Å². The van der Waals surface area contributed by atoms with Crippen LogP contribution in [0.3, 0.4) is 0 Å². The number of ether oxygens (including phenoxy) is 1. The van der Waals surface area contributed by atoms with Gasteiger partial charge in [-0.15, -0.1) is 0 Å². The summed E-state index contributed by atoms with van der Waals surface area (Å²) in [7, 11) is -3.80. The van der Waals surface area contributed by atoms with Gasteiger partial charge in [-0.05, 0) is 30.2 Å². The summed E-state index contributed by atoms with van der Waals surface area (Å²) >= 11 is 0. The summed E-state index contributed by atoms with van der Waals surface area (Å²) in [5.41, 5.74) is 0. The van der Waals surface area contributed by atoms with Crippen LogP contribution < -0.4 is 9.62 Å². The second-order valence-corrected chi connectivity index (χ2v) is 5.43. The summed E-state index contributed by atoms with van der Waals surface area (Å²) < 4.78 is 27.7. The van der Waals surface area contributed by atoms with E-state index >= 15 is 0 Å². The van der Waals surface area contributed by atoms with Crippen LogP contribution in [0.1, 0.15) is 13.8 Å². The minimum absolute atomic E-state index is 0.00750. The van der Waals surface area contributed by atoms with Gasteiger partial charge in [0.1, 0.15) is 5.75 Å². The van der Waals surface area contributed by atoms with Gasteiger partial charge in [0.25, 0.3) is 10.0 Å². The van der Waals surface area contributed by atoms with E-state index in [1.807, 2.05) is 13.8 Å². The van der Waals surface area contributed by atoms with Gasteiger partial charge in [0.2, 0.25) is 0 Å². The fraction of sp³-hybridized carbons (Fsp3) is 0.400. The maximum absolute atomic E-state index is 11.2. The summed E-state index contributed by atoms with van der Waals surface area (Å²) in [4.78, 5) is 1.25. The number of sulfonamides is 1. The molecule has 2 N–H and O–H groups in total. The molecule has 0 fully saturated rings. The van der Waals surface area contributed by atoms with Gasteiger partial charge in [-0.25, -0.2) is 8.42 Å². The van der Waals surface area contributed by atoms with E-state index in [4.69, 9.17) is 9.94 Å². The summed E-state index contributed by atoms with van der Waals surface area (Å²) in [6.45, 7) is 4.62. The maximum atomic E-state index is 11.2. The molecule has 0 atom stereocenters. The molecule has 0 unspecified atom stereocenters. The van der Waals surface area contributed by atoms with Crippen molar-refractivity contribution in [3.8, 4) is 5.75 Å². The second-order valence-electron chi connectivity index (χ2n) is 3.77. The average Bonchev–Trinajstić information content (AvgIpc) is 2.27. The highest BCUT2D eigenvalue weighted by molar-refractivity contribution is 7.89. The van der Waals surface area contributed by atoms with Crippen molar-refractivity contribution in [3.63, 3.8) is 0 Å². The van der Waals surface area contributed by atoms with E-state index in [1.54, 1.807) is 12.1 Å². The monoisotopic (exact) mass is 245 g/mol. The molecule has 0 saturated carbocycles. The smallest absolute Gasteiger partial charge is 0.262 e. The van der Waals surface area contributed by atoms with Crippen molar-refractivity contribution in [3.05, 3.63) is 24.3 Å². The molecule has 0 bridgehead atoms. The van der Waals surface area contributed by atoms with E-state index in [-0.39, 0.29) is 4.90 Å². The average molecular weight is 245 g/mol. The second kappa shape index (κ2) is 5.29. The molecular formula is C10H15NO4S. The van der Waals surface area contributed by atoms with Crippen molar-refractivity contribution in [2.45, 2.75) is 18.7 Å². The topological polar surface area (TPSA) is 75.6 Å². The molecule has 0 aliphatic rings. The van der Waals surface area contributed by atoms with E-state index in [0.717, 1.165) is 0 Å². The summed E-state index contributed by atoms with van der Waals surface area (Å²) in [5.74, 6) is 1.01. The van der Waals surface area contributed by atoms with Crippen LogP contribution in [-0.4, -0.2) is 20.2 Å². The molecule has 16 heavy (non-hydrogen) atoms. The Hall–Kier alpha value is -1.11. The lowest BCUT2D eigenvalue weighted by molar-refractivity contribution is 0.242. The third kappa shape index (κ3) is 3.48. The fourth-order valence-electron chi connectivity index (χ4n) is 1.03. The van der Waals surface area contributed by atoms with Gasteiger partial charge in [-0.1, -0.05) is 18.7 Å². The van der Waals surface area contributed by atoms with Crippen LogP contribution in [0.4, 0.5) is 0 Å². The third-order valence-electron chi connectivity index (χ3n) is 1.84. The lowest BCUT2D eigenvalue weighted by atomic mass is 10.2. The van der Waals surface area contributed by atoms with Crippen molar-refractivity contribution >= 4 is 10.0 Å². The van der Waals surface area contributed by atoms with Gasteiger partial charge < -0.3 is 9.94 Å². The zero-order valence-corrected chi connectivity index (χ0v) is 9.99. The molecule has 0 saturated heterocycles. The first kappa shape index (κ1) is 13.0. The molecule has 0 aliphatic heterocycles. The van der Waals surface area contributed by atoms with Crippen molar-refractivity contribution < 1.29 is 18.4 Å². The predicted molar refractivity (Wildman–Crippen MR) is 58.9 cm³/mol. The molecule has 6 heteroatoms. The molecule has 0 aliphatic carbocycles. The van der Waals surface area contributed by atoms with Crippen molar-refractivity contribution in [2.75, 3.05) is 6.61 Å². The predicted octanol–water partition coefficient (Wildman–Crippen LogP) is 1.39. The quantitative estimate of drug-likeness (QED) is 0.769. The minimum atomic E-state index is -3.80. The van der Waals surface area contributed by atoms with Crippen molar-refractivity contribution in [1.82, 2.24) is 4.89 Å². The maximum Gasteiger partial charge on any atom is 0.262 e. The lowest BCUT2D eigenvalue weighted by Crippen LogP contribution is -2.19. The lowest BCUT2D eigenvalue weighted by Gasteiger charge is -2.09. The standard InChI is InChI=1S/C10H15NO4S/c1-8(2)7-15-9-3-5-10(6-4-9)16(13,14)11-12/h3-6,8,11-12H,7H2,1-2H3. The first-order valence-electron chi connectivity index (χ1n) is 4.84. The van der Waals surface area contributed by atoms with E-state index in [0.29, 0.717) is 18.3 Å². The van der Waals surface area contributed by atoms with Gasteiger partial charge in [0.15, 0.2) is 0 Å². The van der Waals surface area contributed by atoms with Crippen molar-refractivity contribution in [1.29, 1.82) is 0 Å². The number of hydrogen-bond acceptors (Lipinski definition) is 4. The Morgan fingerprint density at radius 3 is 2.31 bits per heavy atom. The molecule has 90 valence electrons. The normalized spacial score (nSPS) is 11.8. The number of benzene rings is 1. The zero-order chi connectivity index (χ0) is 12.2. The van der Waals surface area contributed by atoms with E-state index in [9.17, 15) is 8.42 Å². The Kier molecular flexibility index (Phi) is 4.28. The van der Waals surface area contributed by atoms with Gasteiger partial charge in [0, 0.05) is 0 Å². The van der Waals surface area contributed by atoms with Crippen molar-refractivity contribution in [2.24, 2.45) is 5.92 Å². The Bertz CT molecular complexity index is 425. The van der Waals surface area contributed by atoms with Gasteiger partial charge in [0.05, 0.1) is 11.5 Å². The Labute approximate surface area is 95.1 Å². The number of hydrogen-bond donors (Lipinski definition) is 2. The van der Waals surface area contributed by atoms with Crippen LogP contribution in [0.2, 0.25) is 0 Å². The molecular weight excluding hydrogens is 230 g/mol. The molecule has 0 spiro atoms. The van der Waals surface area contributed by atoms with Gasteiger partial charge >= 0.3 is 0 Å². The van der Waals surface area contributed by atoms with E-state index in [1.165, 1.54) is 17.0 Å². The number of nitrogens with one attached hydrogen (secondary N) is 1. The molecule has 1 aromatic carbocycles. The minimum Gasteiger partial charge on any atom is -0.493 e. The summed E-state index contributed by atoms with van der Waals surface area (Å²) in [6, 6.07) is 5.83. The first-order chi connectivity index (χ1) is 7.45. The zero-order valence-electron chi connectivity index (χ0n) is 9.17. The molecule has 5 nitrogen and oxygen atoms in total. The Morgan fingerprint density at radius 2 is 1.88 bits per heavy atom. The SMILES string of the molecule is CC(C)COc1ccc(S(=O)(=O)NO)cc1. The molecule has 0 aromatic heterocycles. The van der Waals surface area contributed by atoms with Crippen LogP contribution >= 0.6 is 0 Å². The van der Waals surface area contributed by atoms with Crippen LogP contribution in [-0.2, 0) is 10.0 Å². The van der Waals surface area contributed by atoms with Gasteiger partial charge in [-0.2, -0.15) is 0 Å². The van der Waals surface area contributed by atoms with Gasteiger partial charge in [-0.3, -0.25) is 0 Å². The van der Waals surface area contributed by atoms with Crippen LogP contribution in [0.5, 0.6) is 5.75 Å². The molecule has 1 rings (SSSR count). The Morgan fingerprint density at radius 1 is 1.31 bits per heavy atom. The highest BCUT2D eigenvalue weighted by Gasteiger charge is 2.11. The highest BCUT2D eigenvalue weighted by atomic mass is 32.2. The van der Waals surface area contributed by atoms with E-state index < -0.39 is 10.0 Å². The third-order valence-corrected chi connectivity index (χ3v) is 2.97. The molecule has 0 heterocycles. The number of rotatable bonds is 5. The molecule has 0 amide bonds. The molecule has 0 radical (unpaired) electrons.